The second kappa shape index (κ2) is 4.22. The number of morpholine rings is 1. The first kappa shape index (κ1) is 9.85. The molecule has 0 aromatic carbocycles. The van der Waals surface area contributed by atoms with E-state index in [4.69, 9.17) is 15.9 Å². The number of anilines is 1. The zero-order valence-electron chi connectivity index (χ0n) is 8.31. The average Bonchev–Trinajstić information content (AvgIpc) is 2.30. The van der Waals surface area contributed by atoms with Crippen LogP contribution in [0.2, 0.25) is 0 Å². The summed E-state index contributed by atoms with van der Waals surface area (Å²) in [7, 11) is 0. The van der Waals surface area contributed by atoms with Gasteiger partial charge in [0, 0.05) is 13.1 Å². The first-order chi connectivity index (χ1) is 7.29. The Morgan fingerprint density at radius 1 is 1.47 bits per heavy atom. The molecule has 1 saturated heterocycles. The van der Waals surface area contributed by atoms with Gasteiger partial charge in [0.15, 0.2) is 5.82 Å². The van der Waals surface area contributed by atoms with Crippen LogP contribution in [0.1, 0.15) is 5.56 Å². The van der Waals surface area contributed by atoms with Crippen molar-refractivity contribution in [3.05, 3.63) is 17.8 Å². The van der Waals surface area contributed by atoms with E-state index in [1.54, 1.807) is 12.3 Å². The number of aromatic nitrogens is 2. The van der Waals surface area contributed by atoms with Crippen LogP contribution in [0.25, 0.3) is 0 Å². The van der Waals surface area contributed by atoms with Gasteiger partial charge in [0.1, 0.15) is 5.84 Å². The Morgan fingerprint density at radius 2 is 2.20 bits per heavy atom. The predicted octanol–water partition coefficient (Wildman–Crippen LogP) is -0.403. The molecule has 0 bridgehead atoms. The molecule has 3 N–H and O–H groups in total. The molecule has 80 valence electrons. The summed E-state index contributed by atoms with van der Waals surface area (Å²) in [5.74, 6) is 0.694. The van der Waals surface area contributed by atoms with Crippen LogP contribution in [0.4, 0.5) is 5.82 Å². The number of nitrogens with two attached hydrogens (primary N) is 1. The Bertz CT molecular complexity index is 361. The molecule has 2 rings (SSSR count). The number of nitrogen functional groups attached to an aromatic ring is 1. The van der Waals surface area contributed by atoms with E-state index in [1.807, 2.05) is 4.90 Å². The summed E-state index contributed by atoms with van der Waals surface area (Å²) in [6, 6.07) is 1.71. The third-order valence-electron chi connectivity index (χ3n) is 2.30. The minimum absolute atomic E-state index is 0.0198. The third kappa shape index (κ3) is 2.04. The average molecular weight is 207 g/mol. The second-order valence-corrected chi connectivity index (χ2v) is 3.28. The van der Waals surface area contributed by atoms with Gasteiger partial charge in [-0.15, -0.1) is 5.10 Å². The summed E-state index contributed by atoms with van der Waals surface area (Å²) in [5, 5.41) is 15.3. The lowest BCUT2D eigenvalue weighted by Gasteiger charge is -2.28. The number of nitrogens with zero attached hydrogens (tertiary/aromatic N) is 3. The van der Waals surface area contributed by atoms with Crippen LogP contribution in [0.15, 0.2) is 12.3 Å². The monoisotopic (exact) mass is 207 g/mol. The Morgan fingerprint density at radius 3 is 2.87 bits per heavy atom. The fourth-order valence-electron chi connectivity index (χ4n) is 1.54. The van der Waals surface area contributed by atoms with Gasteiger partial charge in [-0.2, -0.15) is 5.10 Å². The number of amidine groups is 1. The molecule has 0 spiro atoms. The molecule has 0 amide bonds. The molecule has 1 aliphatic rings. The summed E-state index contributed by atoms with van der Waals surface area (Å²) in [5.41, 5.74) is 6.11. The van der Waals surface area contributed by atoms with Crippen molar-refractivity contribution in [2.75, 3.05) is 31.2 Å². The van der Waals surface area contributed by atoms with Crippen LogP contribution in [0.5, 0.6) is 0 Å². The SMILES string of the molecule is N=C(N)c1ccnnc1N1CCOCC1. The van der Waals surface area contributed by atoms with Crippen molar-refractivity contribution in [2.24, 2.45) is 5.73 Å². The summed E-state index contributed by atoms with van der Waals surface area (Å²) in [4.78, 5) is 2.03. The van der Waals surface area contributed by atoms with Crippen LogP contribution < -0.4 is 10.6 Å². The molecule has 0 atom stereocenters. The van der Waals surface area contributed by atoms with Crippen LogP contribution in [-0.2, 0) is 4.74 Å². The lowest BCUT2D eigenvalue weighted by molar-refractivity contribution is 0.122. The van der Waals surface area contributed by atoms with Gasteiger partial charge in [-0.25, -0.2) is 0 Å². The standard InChI is InChI=1S/C9H13N5O/c10-8(11)7-1-2-12-13-9(7)14-3-5-15-6-4-14/h1-2H,3-6H2,(H3,10,11). The normalized spacial score (nSPS) is 16.4. The highest BCUT2D eigenvalue weighted by atomic mass is 16.5. The van der Waals surface area contributed by atoms with Crippen molar-refractivity contribution < 1.29 is 4.74 Å². The lowest BCUT2D eigenvalue weighted by atomic mass is 10.2. The van der Waals surface area contributed by atoms with E-state index < -0.39 is 0 Å². The topological polar surface area (TPSA) is 88.1 Å². The van der Waals surface area contributed by atoms with Crippen LogP contribution >= 0.6 is 0 Å². The van der Waals surface area contributed by atoms with E-state index in [1.165, 1.54) is 0 Å². The van der Waals surface area contributed by atoms with Crippen LogP contribution in [0, 0.1) is 5.41 Å². The van der Waals surface area contributed by atoms with E-state index >= 15 is 0 Å². The fraction of sp³-hybridized carbons (Fsp3) is 0.444. The largest absolute Gasteiger partial charge is 0.384 e. The third-order valence-corrected chi connectivity index (χ3v) is 2.30. The highest BCUT2D eigenvalue weighted by molar-refractivity contribution is 5.99. The first-order valence-corrected chi connectivity index (χ1v) is 4.78. The molecule has 6 nitrogen and oxygen atoms in total. The minimum Gasteiger partial charge on any atom is -0.384 e. The van der Waals surface area contributed by atoms with Crippen molar-refractivity contribution >= 4 is 11.7 Å². The molecule has 2 heterocycles. The van der Waals surface area contributed by atoms with Crippen LogP contribution in [-0.4, -0.2) is 42.3 Å². The van der Waals surface area contributed by atoms with Gasteiger partial charge in [0.25, 0.3) is 0 Å². The minimum atomic E-state index is 0.0198. The highest BCUT2D eigenvalue weighted by Gasteiger charge is 2.17. The van der Waals surface area contributed by atoms with Gasteiger partial charge >= 0.3 is 0 Å². The summed E-state index contributed by atoms with van der Waals surface area (Å²) >= 11 is 0. The van der Waals surface area contributed by atoms with Crippen molar-refractivity contribution in [1.29, 1.82) is 5.41 Å². The van der Waals surface area contributed by atoms with Gasteiger partial charge in [0.2, 0.25) is 0 Å². The Hall–Kier alpha value is -1.69. The number of rotatable bonds is 2. The van der Waals surface area contributed by atoms with Crippen molar-refractivity contribution in [2.45, 2.75) is 0 Å². The summed E-state index contributed by atoms with van der Waals surface area (Å²) in [6.07, 6.45) is 1.54. The number of hydrogen-bond donors (Lipinski definition) is 2. The quantitative estimate of drug-likeness (QED) is 0.508. The Kier molecular flexibility index (Phi) is 2.77. The molecule has 6 heteroatoms. The van der Waals surface area contributed by atoms with Gasteiger partial charge < -0.3 is 15.4 Å². The first-order valence-electron chi connectivity index (χ1n) is 4.78. The molecule has 1 aromatic rings. The van der Waals surface area contributed by atoms with Crippen LogP contribution in [0.3, 0.4) is 0 Å². The van der Waals surface area contributed by atoms with Crippen molar-refractivity contribution in [3.8, 4) is 0 Å². The maximum atomic E-state index is 7.45. The van der Waals surface area contributed by atoms with Gasteiger partial charge in [-0.1, -0.05) is 0 Å². The zero-order valence-corrected chi connectivity index (χ0v) is 8.31. The van der Waals surface area contributed by atoms with Gasteiger partial charge in [-0.3, -0.25) is 5.41 Å². The number of nitrogens with one attached hydrogen (secondary N) is 1. The highest BCUT2D eigenvalue weighted by Crippen LogP contribution is 2.16. The zero-order chi connectivity index (χ0) is 10.7. The summed E-state index contributed by atoms with van der Waals surface area (Å²) in [6.45, 7) is 2.87. The van der Waals surface area contributed by atoms with E-state index in [-0.39, 0.29) is 5.84 Å². The lowest BCUT2D eigenvalue weighted by Crippen LogP contribution is -2.38. The maximum Gasteiger partial charge on any atom is 0.162 e. The van der Waals surface area contributed by atoms with E-state index in [0.29, 0.717) is 24.6 Å². The smallest absolute Gasteiger partial charge is 0.162 e. The molecule has 1 fully saturated rings. The molecule has 0 aliphatic carbocycles. The van der Waals surface area contributed by atoms with E-state index in [2.05, 4.69) is 10.2 Å². The Balaban J connectivity index is 2.29. The number of hydrogen-bond acceptors (Lipinski definition) is 5. The molecule has 1 aliphatic heterocycles. The van der Waals surface area contributed by atoms with Gasteiger partial charge in [0.05, 0.1) is 25.0 Å². The molecule has 0 radical (unpaired) electrons. The summed E-state index contributed by atoms with van der Waals surface area (Å²) < 4.78 is 5.25. The van der Waals surface area contributed by atoms with Crippen molar-refractivity contribution in [1.82, 2.24) is 10.2 Å². The van der Waals surface area contributed by atoms with E-state index in [0.717, 1.165) is 13.1 Å². The van der Waals surface area contributed by atoms with Crippen molar-refractivity contribution in [3.63, 3.8) is 0 Å². The molecule has 1 aromatic heterocycles. The fourth-order valence-corrected chi connectivity index (χ4v) is 1.54. The second-order valence-electron chi connectivity index (χ2n) is 3.28. The Labute approximate surface area is 87.6 Å². The number of ether oxygens (including phenoxy) is 1. The van der Waals surface area contributed by atoms with E-state index in [9.17, 15) is 0 Å². The van der Waals surface area contributed by atoms with Gasteiger partial charge in [-0.05, 0) is 6.07 Å². The molecule has 0 unspecified atom stereocenters. The molecule has 15 heavy (non-hydrogen) atoms. The molecular weight excluding hydrogens is 194 g/mol. The predicted molar refractivity (Wildman–Crippen MR) is 56.1 cm³/mol. The molecular formula is C9H13N5O. The molecule has 0 saturated carbocycles. The maximum absolute atomic E-state index is 7.45.